The summed E-state index contributed by atoms with van der Waals surface area (Å²) >= 11 is 0. The number of rotatable bonds is 8. The molecule has 0 atom stereocenters. The SMILES string of the molecule is COCCOCCOc1ccc(/C=C/C(C)(C)C)cc1. The van der Waals surface area contributed by atoms with Gasteiger partial charge in [-0.2, -0.15) is 0 Å². The molecule has 0 amide bonds. The van der Waals surface area contributed by atoms with E-state index in [2.05, 4.69) is 45.1 Å². The van der Waals surface area contributed by atoms with Gasteiger partial charge in [-0.1, -0.05) is 45.1 Å². The van der Waals surface area contributed by atoms with Gasteiger partial charge in [0, 0.05) is 7.11 Å². The lowest BCUT2D eigenvalue weighted by molar-refractivity contribution is 0.0544. The molecule has 0 N–H and O–H groups in total. The van der Waals surface area contributed by atoms with Crippen LogP contribution >= 0.6 is 0 Å². The number of hydrogen-bond acceptors (Lipinski definition) is 3. The van der Waals surface area contributed by atoms with Gasteiger partial charge in [-0.15, -0.1) is 0 Å². The van der Waals surface area contributed by atoms with E-state index in [1.807, 2.05) is 12.1 Å². The summed E-state index contributed by atoms with van der Waals surface area (Å²) < 4.78 is 15.8. The highest BCUT2D eigenvalue weighted by Gasteiger charge is 2.03. The van der Waals surface area contributed by atoms with Crippen molar-refractivity contribution < 1.29 is 14.2 Å². The van der Waals surface area contributed by atoms with Gasteiger partial charge in [0.15, 0.2) is 0 Å². The number of hydrogen-bond donors (Lipinski definition) is 0. The Morgan fingerprint density at radius 3 is 2.20 bits per heavy atom. The molecular weight excluding hydrogens is 252 g/mol. The zero-order chi connectivity index (χ0) is 14.8. The molecule has 0 saturated carbocycles. The maximum Gasteiger partial charge on any atom is 0.119 e. The van der Waals surface area contributed by atoms with E-state index in [0.717, 1.165) is 5.75 Å². The molecule has 3 nitrogen and oxygen atoms in total. The van der Waals surface area contributed by atoms with Gasteiger partial charge in [-0.3, -0.25) is 0 Å². The molecule has 0 aliphatic heterocycles. The van der Waals surface area contributed by atoms with Crippen molar-refractivity contribution in [3.63, 3.8) is 0 Å². The minimum atomic E-state index is 0.203. The summed E-state index contributed by atoms with van der Waals surface area (Å²) in [6.07, 6.45) is 4.34. The third-order valence-electron chi connectivity index (χ3n) is 2.58. The zero-order valence-corrected chi connectivity index (χ0v) is 13.0. The van der Waals surface area contributed by atoms with E-state index in [0.29, 0.717) is 26.4 Å². The molecule has 112 valence electrons. The van der Waals surface area contributed by atoms with E-state index >= 15 is 0 Å². The Morgan fingerprint density at radius 2 is 1.60 bits per heavy atom. The largest absolute Gasteiger partial charge is 0.491 e. The topological polar surface area (TPSA) is 27.7 Å². The summed E-state index contributed by atoms with van der Waals surface area (Å²) in [5, 5.41) is 0. The fraction of sp³-hybridized carbons (Fsp3) is 0.529. The molecule has 20 heavy (non-hydrogen) atoms. The third-order valence-corrected chi connectivity index (χ3v) is 2.58. The predicted octanol–water partition coefficient (Wildman–Crippen LogP) is 3.79. The first kappa shape index (κ1) is 16.7. The summed E-state index contributed by atoms with van der Waals surface area (Å²) in [6, 6.07) is 8.09. The maximum absolute atomic E-state index is 5.60. The molecule has 0 aliphatic rings. The van der Waals surface area contributed by atoms with Gasteiger partial charge in [0.05, 0.1) is 19.8 Å². The van der Waals surface area contributed by atoms with Crippen LogP contribution < -0.4 is 4.74 Å². The first-order valence-electron chi connectivity index (χ1n) is 7.00. The highest BCUT2D eigenvalue weighted by atomic mass is 16.5. The number of allylic oxidation sites excluding steroid dienone is 1. The zero-order valence-electron chi connectivity index (χ0n) is 13.0. The Morgan fingerprint density at radius 1 is 0.950 bits per heavy atom. The van der Waals surface area contributed by atoms with Crippen molar-refractivity contribution in [3.8, 4) is 5.75 Å². The lowest BCUT2D eigenvalue weighted by atomic mass is 9.95. The van der Waals surface area contributed by atoms with Crippen LogP contribution in [0.5, 0.6) is 5.75 Å². The summed E-state index contributed by atoms with van der Waals surface area (Å²) in [5.74, 6) is 0.869. The fourth-order valence-corrected chi connectivity index (χ4v) is 1.48. The standard InChI is InChI=1S/C17H26O3/c1-17(2,3)10-9-15-5-7-16(8-6-15)20-14-13-19-12-11-18-4/h5-10H,11-14H2,1-4H3/b10-9+. The number of benzene rings is 1. The molecule has 1 aromatic carbocycles. The van der Waals surface area contributed by atoms with Crippen molar-refractivity contribution in [2.24, 2.45) is 5.41 Å². The van der Waals surface area contributed by atoms with E-state index in [9.17, 15) is 0 Å². The molecule has 0 spiro atoms. The Balaban J connectivity index is 2.30. The monoisotopic (exact) mass is 278 g/mol. The first-order valence-corrected chi connectivity index (χ1v) is 7.00. The Hall–Kier alpha value is -1.32. The van der Waals surface area contributed by atoms with Gasteiger partial charge in [-0.05, 0) is 23.1 Å². The molecule has 0 unspecified atom stereocenters. The average molecular weight is 278 g/mol. The second-order valence-corrected chi connectivity index (χ2v) is 5.72. The van der Waals surface area contributed by atoms with Gasteiger partial charge in [0.1, 0.15) is 12.4 Å². The van der Waals surface area contributed by atoms with Crippen molar-refractivity contribution >= 4 is 6.08 Å². The van der Waals surface area contributed by atoms with Crippen molar-refractivity contribution in [2.45, 2.75) is 20.8 Å². The van der Waals surface area contributed by atoms with Crippen LogP contribution in [0, 0.1) is 5.41 Å². The highest BCUT2D eigenvalue weighted by molar-refractivity contribution is 5.51. The molecule has 0 saturated heterocycles. The number of methoxy groups -OCH3 is 1. The molecule has 1 aromatic rings. The van der Waals surface area contributed by atoms with Crippen molar-refractivity contribution in [2.75, 3.05) is 33.5 Å². The summed E-state index contributed by atoms with van der Waals surface area (Å²) in [6.45, 7) is 8.92. The lowest BCUT2D eigenvalue weighted by Gasteiger charge is -2.11. The van der Waals surface area contributed by atoms with E-state index in [1.165, 1.54) is 5.56 Å². The molecular formula is C17H26O3. The van der Waals surface area contributed by atoms with E-state index in [1.54, 1.807) is 7.11 Å². The minimum Gasteiger partial charge on any atom is -0.491 e. The first-order chi connectivity index (χ1) is 9.51. The van der Waals surface area contributed by atoms with Crippen molar-refractivity contribution in [1.82, 2.24) is 0 Å². The summed E-state index contributed by atoms with van der Waals surface area (Å²) in [5.41, 5.74) is 1.39. The van der Waals surface area contributed by atoms with Crippen LogP contribution in [0.15, 0.2) is 30.3 Å². The lowest BCUT2D eigenvalue weighted by Crippen LogP contribution is -2.09. The highest BCUT2D eigenvalue weighted by Crippen LogP contribution is 2.18. The third kappa shape index (κ3) is 7.97. The minimum absolute atomic E-state index is 0.203. The van der Waals surface area contributed by atoms with Crippen LogP contribution in [-0.4, -0.2) is 33.5 Å². The van der Waals surface area contributed by atoms with Crippen LogP contribution in [0.4, 0.5) is 0 Å². The molecule has 3 heteroatoms. The van der Waals surface area contributed by atoms with Gasteiger partial charge in [0.2, 0.25) is 0 Å². The molecule has 1 rings (SSSR count). The second-order valence-electron chi connectivity index (χ2n) is 5.72. The van der Waals surface area contributed by atoms with Gasteiger partial charge >= 0.3 is 0 Å². The summed E-state index contributed by atoms with van der Waals surface area (Å²) in [7, 11) is 1.66. The fourth-order valence-electron chi connectivity index (χ4n) is 1.48. The molecule has 0 bridgehead atoms. The molecule has 0 aromatic heterocycles. The van der Waals surface area contributed by atoms with E-state index in [-0.39, 0.29) is 5.41 Å². The van der Waals surface area contributed by atoms with Crippen LogP contribution in [0.1, 0.15) is 26.3 Å². The summed E-state index contributed by atoms with van der Waals surface area (Å²) in [4.78, 5) is 0. The molecule has 0 radical (unpaired) electrons. The van der Waals surface area contributed by atoms with Crippen molar-refractivity contribution in [1.29, 1.82) is 0 Å². The van der Waals surface area contributed by atoms with Crippen molar-refractivity contribution in [3.05, 3.63) is 35.9 Å². The molecule has 0 fully saturated rings. The van der Waals surface area contributed by atoms with E-state index in [4.69, 9.17) is 14.2 Å². The number of ether oxygens (including phenoxy) is 3. The second kappa shape index (κ2) is 8.77. The van der Waals surface area contributed by atoms with Gasteiger partial charge in [-0.25, -0.2) is 0 Å². The maximum atomic E-state index is 5.60. The molecule has 0 heterocycles. The van der Waals surface area contributed by atoms with E-state index < -0.39 is 0 Å². The van der Waals surface area contributed by atoms with Gasteiger partial charge in [0.25, 0.3) is 0 Å². The smallest absolute Gasteiger partial charge is 0.119 e. The average Bonchev–Trinajstić information content (AvgIpc) is 2.41. The normalized spacial score (nSPS) is 12.0. The quantitative estimate of drug-likeness (QED) is 0.677. The van der Waals surface area contributed by atoms with Crippen LogP contribution in [0.2, 0.25) is 0 Å². The van der Waals surface area contributed by atoms with Crippen LogP contribution in [-0.2, 0) is 9.47 Å². The predicted molar refractivity (Wildman–Crippen MR) is 83.1 cm³/mol. The molecule has 0 aliphatic carbocycles. The Labute approximate surface area is 122 Å². The van der Waals surface area contributed by atoms with Gasteiger partial charge < -0.3 is 14.2 Å². The Kier molecular flexibility index (Phi) is 7.34. The Bertz CT molecular complexity index is 388. The van der Waals surface area contributed by atoms with Crippen LogP contribution in [0.3, 0.4) is 0 Å². The van der Waals surface area contributed by atoms with Crippen LogP contribution in [0.25, 0.3) is 6.08 Å².